The largest absolute Gasteiger partial charge is 0.462 e. The van der Waals surface area contributed by atoms with Gasteiger partial charge >= 0.3 is 5.97 Å². The molecule has 0 aliphatic carbocycles. The Bertz CT molecular complexity index is 1170. The lowest BCUT2D eigenvalue weighted by molar-refractivity contribution is -0.151. The maximum atomic E-state index is 13.3. The topological polar surface area (TPSA) is 95.9 Å². The van der Waals surface area contributed by atoms with Crippen molar-refractivity contribution in [3.63, 3.8) is 0 Å². The average molecular weight is 925 g/mol. The number of rotatable bonds is 51. The van der Waals surface area contributed by atoms with Crippen molar-refractivity contribution in [3.8, 4) is 0 Å². The standard InChI is InChI=1S/C60H109NO5/c1-4-7-10-13-16-19-22-25-28-29-32-35-38-41-44-47-50-53-60(65)66-56(51-48-45-42-39-36-33-30-26-23-20-17-14-11-8-5-2)54-59(64)61-57(55-62)58(63)52-49-46-43-40-37-34-31-27-24-21-18-15-12-9-6-3/h7,10,16,19,25,28,32,35,41,44,56-58,62-63H,4-6,8-9,11-15,17-18,20-24,26-27,29-31,33-34,36-40,42-43,45-55H2,1-3H3,(H,61,64)/b10-7-,19-16-,28-25-,35-32-,44-41-. The van der Waals surface area contributed by atoms with Gasteiger partial charge in [0, 0.05) is 6.42 Å². The second-order valence-corrected chi connectivity index (χ2v) is 19.3. The first kappa shape index (κ1) is 63.6. The van der Waals surface area contributed by atoms with Crippen LogP contribution >= 0.6 is 0 Å². The van der Waals surface area contributed by atoms with Crippen molar-refractivity contribution in [3.05, 3.63) is 60.8 Å². The zero-order chi connectivity index (χ0) is 48.1. The number of hydrogen-bond donors (Lipinski definition) is 3. The molecule has 0 saturated heterocycles. The van der Waals surface area contributed by atoms with Crippen LogP contribution in [0.3, 0.4) is 0 Å². The smallest absolute Gasteiger partial charge is 0.306 e. The summed E-state index contributed by atoms with van der Waals surface area (Å²) in [6.45, 7) is 6.39. The molecule has 6 heteroatoms. The third-order valence-corrected chi connectivity index (χ3v) is 12.9. The highest BCUT2D eigenvalue weighted by Gasteiger charge is 2.24. The van der Waals surface area contributed by atoms with E-state index in [2.05, 4.69) is 86.8 Å². The van der Waals surface area contributed by atoms with E-state index < -0.39 is 18.2 Å². The average Bonchev–Trinajstić information content (AvgIpc) is 3.31. The SMILES string of the molecule is CC/C=C\C/C=C\C/C=C\C/C=C\C/C=C\CCCC(=O)OC(CCCCCCCCCCCCCCCCC)CC(=O)NC(CO)C(O)CCCCCCCCCCCCCCCCC. The number of ether oxygens (including phenoxy) is 1. The maximum Gasteiger partial charge on any atom is 0.306 e. The maximum absolute atomic E-state index is 13.3. The fourth-order valence-electron chi connectivity index (χ4n) is 8.59. The van der Waals surface area contributed by atoms with Crippen molar-refractivity contribution in [2.24, 2.45) is 0 Å². The van der Waals surface area contributed by atoms with E-state index in [0.29, 0.717) is 25.7 Å². The van der Waals surface area contributed by atoms with Gasteiger partial charge in [0.1, 0.15) is 6.10 Å². The van der Waals surface area contributed by atoms with E-state index in [0.717, 1.165) is 77.0 Å². The molecule has 0 aliphatic rings. The van der Waals surface area contributed by atoms with Crippen LogP contribution in [0.5, 0.6) is 0 Å². The summed E-state index contributed by atoms with van der Waals surface area (Å²) in [5.41, 5.74) is 0. The van der Waals surface area contributed by atoms with E-state index in [1.54, 1.807) is 0 Å². The summed E-state index contributed by atoms with van der Waals surface area (Å²) in [4.78, 5) is 26.2. The molecule has 3 N–H and O–H groups in total. The van der Waals surface area contributed by atoms with Crippen LogP contribution in [0.25, 0.3) is 0 Å². The summed E-state index contributed by atoms with van der Waals surface area (Å²) < 4.78 is 5.93. The van der Waals surface area contributed by atoms with Crippen LogP contribution in [-0.2, 0) is 14.3 Å². The highest BCUT2D eigenvalue weighted by atomic mass is 16.5. The van der Waals surface area contributed by atoms with E-state index in [4.69, 9.17) is 4.74 Å². The molecule has 0 rings (SSSR count). The summed E-state index contributed by atoms with van der Waals surface area (Å²) in [5.74, 6) is -0.532. The Kier molecular flexibility index (Phi) is 51.5. The molecule has 0 aliphatic heterocycles. The van der Waals surface area contributed by atoms with Crippen molar-refractivity contribution in [1.82, 2.24) is 5.32 Å². The van der Waals surface area contributed by atoms with E-state index in [-0.39, 0.29) is 24.9 Å². The van der Waals surface area contributed by atoms with Crippen LogP contribution in [0.1, 0.15) is 284 Å². The number of allylic oxidation sites excluding steroid dienone is 10. The number of unbranched alkanes of at least 4 members (excludes halogenated alkanes) is 29. The van der Waals surface area contributed by atoms with Crippen molar-refractivity contribution in [2.45, 2.75) is 302 Å². The molecule has 3 unspecified atom stereocenters. The third kappa shape index (κ3) is 48.0. The van der Waals surface area contributed by atoms with Gasteiger partial charge in [0.05, 0.1) is 25.2 Å². The Labute approximate surface area is 409 Å². The second kappa shape index (κ2) is 53.5. The molecule has 0 aromatic rings. The summed E-state index contributed by atoms with van der Waals surface area (Å²) >= 11 is 0. The van der Waals surface area contributed by atoms with Gasteiger partial charge in [-0.2, -0.15) is 0 Å². The third-order valence-electron chi connectivity index (χ3n) is 12.9. The molecule has 0 spiro atoms. The van der Waals surface area contributed by atoms with Crippen molar-refractivity contribution >= 4 is 11.9 Å². The van der Waals surface area contributed by atoms with Crippen LogP contribution in [0, 0.1) is 0 Å². The molecular formula is C60H109NO5. The molecule has 0 bridgehead atoms. The molecule has 0 fully saturated rings. The number of carbonyl (C=O) groups is 2. The molecule has 1 amide bonds. The Balaban J connectivity index is 4.63. The molecule has 0 saturated carbocycles. The molecule has 0 radical (unpaired) electrons. The minimum atomic E-state index is -0.798. The van der Waals surface area contributed by atoms with Gasteiger partial charge in [0.25, 0.3) is 0 Å². The summed E-state index contributed by atoms with van der Waals surface area (Å²) in [6.07, 6.45) is 67.1. The van der Waals surface area contributed by atoms with Crippen LogP contribution in [0.4, 0.5) is 0 Å². The van der Waals surface area contributed by atoms with Crippen molar-refractivity contribution in [2.75, 3.05) is 6.61 Å². The lowest BCUT2D eigenvalue weighted by atomic mass is 10.0. The van der Waals surface area contributed by atoms with Gasteiger partial charge in [0.15, 0.2) is 0 Å². The van der Waals surface area contributed by atoms with Gasteiger partial charge in [-0.3, -0.25) is 9.59 Å². The van der Waals surface area contributed by atoms with E-state index >= 15 is 0 Å². The predicted molar refractivity (Wildman–Crippen MR) is 287 cm³/mol. The van der Waals surface area contributed by atoms with E-state index in [1.807, 2.05) is 0 Å². The molecule has 0 aromatic carbocycles. The first-order valence-corrected chi connectivity index (χ1v) is 28.5. The minimum absolute atomic E-state index is 0.0568. The normalized spacial score (nSPS) is 13.6. The van der Waals surface area contributed by atoms with Crippen molar-refractivity contribution in [1.29, 1.82) is 0 Å². The van der Waals surface area contributed by atoms with Gasteiger partial charge < -0.3 is 20.3 Å². The fourth-order valence-corrected chi connectivity index (χ4v) is 8.59. The number of amides is 1. The van der Waals surface area contributed by atoms with Crippen LogP contribution in [0.15, 0.2) is 60.8 Å². The van der Waals surface area contributed by atoms with E-state index in [9.17, 15) is 19.8 Å². The van der Waals surface area contributed by atoms with Gasteiger partial charge in [0.2, 0.25) is 5.91 Å². The number of hydrogen-bond acceptors (Lipinski definition) is 5. The van der Waals surface area contributed by atoms with Crippen LogP contribution in [-0.4, -0.2) is 46.9 Å². The highest BCUT2D eigenvalue weighted by Crippen LogP contribution is 2.18. The molecule has 384 valence electrons. The Hall–Kier alpha value is -2.44. The number of nitrogens with one attached hydrogen (secondary N) is 1. The number of carbonyl (C=O) groups excluding carboxylic acids is 2. The van der Waals surface area contributed by atoms with Crippen molar-refractivity contribution < 1.29 is 24.5 Å². The van der Waals surface area contributed by atoms with Gasteiger partial charge in [-0.25, -0.2) is 0 Å². The summed E-state index contributed by atoms with van der Waals surface area (Å²) in [7, 11) is 0. The van der Waals surface area contributed by atoms with Crippen LogP contribution in [0.2, 0.25) is 0 Å². The Morgan fingerprint density at radius 3 is 1.18 bits per heavy atom. The lowest BCUT2D eigenvalue weighted by Crippen LogP contribution is -2.46. The molecule has 3 atom stereocenters. The first-order valence-electron chi connectivity index (χ1n) is 28.5. The van der Waals surface area contributed by atoms with E-state index in [1.165, 1.54) is 154 Å². The van der Waals surface area contributed by atoms with Gasteiger partial charge in [-0.05, 0) is 64.2 Å². The fraction of sp³-hybridized carbons (Fsp3) is 0.800. The summed E-state index contributed by atoms with van der Waals surface area (Å²) in [5, 5.41) is 23.9. The number of aliphatic hydroxyl groups is 2. The molecule has 66 heavy (non-hydrogen) atoms. The first-order chi connectivity index (χ1) is 32.5. The molecule has 0 aromatic heterocycles. The Morgan fingerprint density at radius 2 is 0.803 bits per heavy atom. The van der Waals surface area contributed by atoms with Gasteiger partial charge in [-0.1, -0.05) is 268 Å². The predicted octanol–water partition coefficient (Wildman–Crippen LogP) is 17.6. The lowest BCUT2D eigenvalue weighted by Gasteiger charge is -2.24. The quantitative estimate of drug-likeness (QED) is 0.0321. The monoisotopic (exact) mass is 924 g/mol. The molecule has 6 nitrogen and oxygen atoms in total. The second-order valence-electron chi connectivity index (χ2n) is 19.3. The molecule has 0 heterocycles. The van der Waals surface area contributed by atoms with Crippen LogP contribution < -0.4 is 5.32 Å². The minimum Gasteiger partial charge on any atom is -0.462 e. The summed E-state index contributed by atoms with van der Waals surface area (Å²) in [6, 6.07) is -0.713. The van der Waals surface area contributed by atoms with Gasteiger partial charge in [-0.15, -0.1) is 0 Å². The number of aliphatic hydroxyl groups excluding tert-OH is 2. The molecular weight excluding hydrogens is 815 g/mol. The number of esters is 1. The zero-order valence-electron chi connectivity index (χ0n) is 43.8. The zero-order valence-corrected chi connectivity index (χ0v) is 43.8. The Morgan fingerprint density at radius 1 is 0.455 bits per heavy atom. The highest BCUT2D eigenvalue weighted by molar-refractivity contribution is 5.77.